The van der Waals surface area contributed by atoms with Crippen molar-refractivity contribution in [2.45, 2.75) is 17.7 Å². The van der Waals surface area contributed by atoms with Crippen LogP contribution in [0.5, 0.6) is 11.5 Å². The van der Waals surface area contributed by atoms with Gasteiger partial charge < -0.3 is 10.2 Å². The van der Waals surface area contributed by atoms with E-state index in [2.05, 4.69) is 4.99 Å². The number of phenolic OH excluding ortho intramolecular Hbond substituents is 2. The van der Waals surface area contributed by atoms with Gasteiger partial charge in [-0.1, -0.05) is 29.8 Å². The van der Waals surface area contributed by atoms with E-state index in [4.69, 9.17) is 16.7 Å². The molecule has 0 saturated heterocycles. The van der Waals surface area contributed by atoms with Crippen molar-refractivity contribution >= 4 is 27.8 Å². The van der Waals surface area contributed by atoms with Crippen molar-refractivity contribution in [1.29, 1.82) is 0 Å². The van der Waals surface area contributed by atoms with Crippen LogP contribution in [0.3, 0.4) is 0 Å². The lowest BCUT2D eigenvalue weighted by molar-refractivity contribution is 0.439. The van der Waals surface area contributed by atoms with E-state index in [1.165, 1.54) is 48.7 Å². The Kier molecular flexibility index (Phi) is 6.94. The van der Waals surface area contributed by atoms with Gasteiger partial charge in [-0.2, -0.15) is 0 Å². The van der Waals surface area contributed by atoms with Crippen LogP contribution in [0.1, 0.15) is 22.3 Å². The van der Waals surface area contributed by atoms with Gasteiger partial charge in [-0.25, -0.2) is 17.9 Å². The van der Waals surface area contributed by atoms with Crippen molar-refractivity contribution in [3.63, 3.8) is 0 Å². The summed E-state index contributed by atoms with van der Waals surface area (Å²) in [5, 5.41) is 26.0. The highest BCUT2D eigenvalue weighted by Crippen LogP contribution is 2.34. The lowest BCUT2D eigenvalue weighted by Gasteiger charge is -2.11. The molecule has 162 valence electrons. The van der Waals surface area contributed by atoms with Crippen LogP contribution in [-0.2, 0) is 22.9 Å². The average molecular weight is 463 g/mol. The number of benzene rings is 3. The Morgan fingerprint density at radius 2 is 1.74 bits per heavy atom. The predicted octanol–water partition coefficient (Wildman–Crippen LogP) is 3.79. The molecule has 0 aliphatic rings. The quantitative estimate of drug-likeness (QED) is 0.463. The minimum atomic E-state index is -3.73. The molecule has 0 unspecified atom stereocenters. The van der Waals surface area contributed by atoms with Crippen molar-refractivity contribution in [3.8, 4) is 11.5 Å². The first-order chi connectivity index (χ1) is 14.7. The molecule has 0 radical (unpaired) electrons. The molecule has 0 fully saturated rings. The molecule has 0 amide bonds. The maximum Gasteiger partial charge on any atom is 0.238 e. The first kappa shape index (κ1) is 22.7. The van der Waals surface area contributed by atoms with E-state index in [0.717, 1.165) is 5.56 Å². The fourth-order valence-corrected chi connectivity index (χ4v) is 3.75. The standard InChI is InChI=1S/C22H20ClFN2O4S/c23-19-2-1-3-20(24)17(19)12-18-21(27)9-6-15(22(18)28)13-26-11-10-14-4-7-16(8-5-14)31(25,29)30/h1-9,13,27-28H,10-12H2,(H2,25,29,30). The summed E-state index contributed by atoms with van der Waals surface area (Å²) in [6.45, 7) is 0.378. The van der Waals surface area contributed by atoms with Crippen molar-refractivity contribution in [1.82, 2.24) is 0 Å². The van der Waals surface area contributed by atoms with E-state index >= 15 is 0 Å². The summed E-state index contributed by atoms with van der Waals surface area (Å²) in [4.78, 5) is 4.31. The number of rotatable bonds is 7. The zero-order valence-corrected chi connectivity index (χ0v) is 17.9. The van der Waals surface area contributed by atoms with Crippen LogP contribution in [0.25, 0.3) is 0 Å². The van der Waals surface area contributed by atoms with Gasteiger partial charge in [0.25, 0.3) is 0 Å². The van der Waals surface area contributed by atoms with Crippen LogP contribution in [0.4, 0.5) is 4.39 Å². The number of sulfonamides is 1. The Morgan fingerprint density at radius 3 is 2.39 bits per heavy atom. The van der Waals surface area contributed by atoms with E-state index in [1.54, 1.807) is 12.1 Å². The normalized spacial score (nSPS) is 11.8. The summed E-state index contributed by atoms with van der Waals surface area (Å²) < 4.78 is 36.6. The van der Waals surface area contributed by atoms with Crippen LogP contribution in [0.15, 0.2) is 64.5 Å². The van der Waals surface area contributed by atoms with Crippen molar-refractivity contribution in [3.05, 3.63) is 87.7 Å². The molecule has 0 saturated carbocycles. The summed E-state index contributed by atoms with van der Waals surface area (Å²) in [5.74, 6) is -0.914. The van der Waals surface area contributed by atoms with Gasteiger partial charge in [-0.15, -0.1) is 0 Å². The van der Waals surface area contributed by atoms with Gasteiger partial charge in [0.15, 0.2) is 0 Å². The third-order valence-electron chi connectivity index (χ3n) is 4.72. The fourth-order valence-electron chi connectivity index (χ4n) is 3.00. The molecule has 31 heavy (non-hydrogen) atoms. The van der Waals surface area contributed by atoms with Gasteiger partial charge in [0.1, 0.15) is 17.3 Å². The monoisotopic (exact) mass is 462 g/mol. The Labute approximate surface area is 184 Å². The average Bonchev–Trinajstić information content (AvgIpc) is 2.71. The van der Waals surface area contributed by atoms with Crippen molar-refractivity contribution in [2.75, 3.05) is 6.54 Å². The van der Waals surface area contributed by atoms with Gasteiger partial charge in [-0.3, -0.25) is 4.99 Å². The topological polar surface area (TPSA) is 113 Å². The highest BCUT2D eigenvalue weighted by molar-refractivity contribution is 7.89. The molecule has 0 spiro atoms. The van der Waals surface area contributed by atoms with Crippen molar-refractivity contribution in [2.24, 2.45) is 10.1 Å². The van der Waals surface area contributed by atoms with Gasteiger partial charge in [0.2, 0.25) is 10.0 Å². The molecule has 6 nitrogen and oxygen atoms in total. The Bertz CT molecular complexity index is 1210. The first-order valence-corrected chi connectivity index (χ1v) is 11.2. The molecule has 0 aliphatic carbocycles. The summed E-state index contributed by atoms with van der Waals surface area (Å²) in [7, 11) is -3.73. The lowest BCUT2D eigenvalue weighted by atomic mass is 10.00. The molecule has 9 heteroatoms. The largest absolute Gasteiger partial charge is 0.508 e. The maximum atomic E-state index is 14.1. The predicted molar refractivity (Wildman–Crippen MR) is 118 cm³/mol. The van der Waals surface area contributed by atoms with Crippen LogP contribution < -0.4 is 5.14 Å². The summed E-state index contributed by atoms with van der Waals surface area (Å²) >= 11 is 6.05. The summed E-state index contributed by atoms with van der Waals surface area (Å²) in [5.41, 5.74) is 1.56. The van der Waals surface area contributed by atoms with E-state index < -0.39 is 15.8 Å². The second kappa shape index (κ2) is 9.47. The van der Waals surface area contributed by atoms with Crippen LogP contribution >= 0.6 is 11.6 Å². The molecule has 3 aromatic rings. The van der Waals surface area contributed by atoms with E-state index in [0.29, 0.717) is 18.5 Å². The van der Waals surface area contributed by atoms with E-state index in [-0.39, 0.29) is 39.0 Å². The smallest absolute Gasteiger partial charge is 0.238 e. The molecule has 3 aromatic carbocycles. The second-order valence-corrected chi connectivity index (χ2v) is 8.82. The number of phenols is 2. The lowest BCUT2D eigenvalue weighted by Crippen LogP contribution is -2.11. The van der Waals surface area contributed by atoms with Crippen LogP contribution in [0, 0.1) is 5.82 Å². The van der Waals surface area contributed by atoms with Crippen LogP contribution in [-0.4, -0.2) is 31.4 Å². The number of halogens is 2. The van der Waals surface area contributed by atoms with E-state index in [1.807, 2.05) is 0 Å². The van der Waals surface area contributed by atoms with Gasteiger partial charge in [0, 0.05) is 40.9 Å². The van der Waals surface area contributed by atoms with Crippen LogP contribution in [0.2, 0.25) is 5.02 Å². The van der Waals surface area contributed by atoms with Gasteiger partial charge in [0.05, 0.1) is 4.90 Å². The zero-order valence-electron chi connectivity index (χ0n) is 16.3. The van der Waals surface area contributed by atoms with E-state index in [9.17, 15) is 23.0 Å². The highest BCUT2D eigenvalue weighted by atomic mass is 35.5. The third-order valence-corrected chi connectivity index (χ3v) is 6.00. The molecule has 3 rings (SSSR count). The molecule has 0 bridgehead atoms. The number of primary sulfonamides is 1. The zero-order chi connectivity index (χ0) is 22.6. The molecular weight excluding hydrogens is 443 g/mol. The number of nitrogens with zero attached hydrogens (tertiary/aromatic N) is 1. The highest BCUT2D eigenvalue weighted by Gasteiger charge is 2.16. The molecule has 0 aromatic heterocycles. The third kappa shape index (κ3) is 5.61. The maximum absolute atomic E-state index is 14.1. The molecule has 4 N–H and O–H groups in total. The number of nitrogens with two attached hydrogens (primary N) is 1. The summed E-state index contributed by atoms with van der Waals surface area (Å²) in [6, 6.07) is 13.4. The second-order valence-electron chi connectivity index (χ2n) is 6.85. The van der Waals surface area contributed by atoms with Crippen molar-refractivity contribution < 1.29 is 23.0 Å². The fraction of sp³-hybridized carbons (Fsp3) is 0.136. The SMILES string of the molecule is NS(=O)(=O)c1ccc(CCN=Cc2ccc(O)c(Cc3c(F)cccc3Cl)c2O)cc1. The Morgan fingerprint density at radius 1 is 1.03 bits per heavy atom. The molecule has 0 aliphatic heterocycles. The minimum Gasteiger partial charge on any atom is -0.508 e. The number of aliphatic imine (C=N–C) groups is 1. The molecule has 0 atom stereocenters. The molecular formula is C22H20ClFN2O4S. The minimum absolute atomic E-state index is 0.0382. The first-order valence-electron chi connectivity index (χ1n) is 9.25. The van der Waals surface area contributed by atoms with Gasteiger partial charge >= 0.3 is 0 Å². The Hall–Kier alpha value is -2.94. The number of aromatic hydroxyl groups is 2. The molecule has 0 heterocycles. The Balaban J connectivity index is 1.72. The van der Waals surface area contributed by atoms with Gasteiger partial charge in [-0.05, 0) is 48.4 Å². The number of hydrogen-bond donors (Lipinski definition) is 3. The number of hydrogen-bond acceptors (Lipinski definition) is 5. The summed E-state index contributed by atoms with van der Waals surface area (Å²) in [6.07, 6.45) is 1.92.